The third-order valence-electron chi connectivity index (χ3n) is 5.70. The summed E-state index contributed by atoms with van der Waals surface area (Å²) in [7, 11) is -11.2. The third-order valence-corrected chi connectivity index (χ3v) is 30.9. The van der Waals surface area contributed by atoms with Crippen LogP contribution in [0.1, 0.15) is 0 Å². The molecule has 0 heterocycles. The highest BCUT2D eigenvalue weighted by molar-refractivity contribution is 6.89. The van der Waals surface area contributed by atoms with Gasteiger partial charge >= 0.3 is 8.56 Å². The van der Waals surface area contributed by atoms with Gasteiger partial charge in [-0.15, -0.1) is 6.58 Å². The Balaban J connectivity index is -0.000000615. The lowest BCUT2D eigenvalue weighted by atomic mass is 10.4. The highest BCUT2D eigenvalue weighted by Gasteiger charge is 2.46. The third kappa shape index (κ3) is 36.4. The van der Waals surface area contributed by atoms with Crippen molar-refractivity contribution in [1.82, 2.24) is 0 Å². The van der Waals surface area contributed by atoms with Gasteiger partial charge in [0.05, 0.1) is 0 Å². The molecule has 0 saturated heterocycles. The van der Waals surface area contributed by atoms with Crippen molar-refractivity contribution in [2.24, 2.45) is 0 Å². The Morgan fingerprint density at radius 2 is 0.767 bits per heavy atom. The van der Waals surface area contributed by atoms with Crippen molar-refractivity contribution in [3.63, 3.8) is 0 Å². The average molecular weight is 776 g/mol. The maximum Gasteiger partial charge on any atom is 0.317 e. The highest BCUT2D eigenvalue weighted by atomic mass is 28.5. The summed E-state index contributed by atoms with van der Waals surface area (Å²) in [6.45, 7) is 55.3. The van der Waals surface area contributed by atoms with E-state index in [1.54, 1.807) is 0 Å². The van der Waals surface area contributed by atoms with Crippen LogP contribution >= 0.6 is 0 Å². The lowest BCUT2D eigenvalue weighted by molar-refractivity contribution is 0.370. The van der Waals surface area contributed by atoms with Gasteiger partial charge in [-0.3, -0.25) is 0 Å². The topological polar surface area (TPSA) is 36.9 Å². The lowest BCUT2D eigenvalue weighted by Crippen LogP contribution is -2.56. The Labute approximate surface area is 287 Å². The van der Waals surface area contributed by atoms with Crippen molar-refractivity contribution in [3.8, 4) is 0 Å². The Hall–Kier alpha value is 1.75. The van der Waals surface area contributed by atoms with Crippen LogP contribution in [0.2, 0.25) is 174 Å². The Morgan fingerprint density at radius 1 is 0.488 bits per heavy atom. The molecule has 14 heteroatoms. The van der Waals surface area contributed by atoms with Gasteiger partial charge in [0.1, 0.15) is 0 Å². The molecule has 4 nitrogen and oxygen atoms in total. The van der Waals surface area contributed by atoms with Crippen LogP contribution < -0.4 is 0 Å². The number of rotatable bonds is 17. The smallest absolute Gasteiger partial charge is 0.317 e. The summed E-state index contributed by atoms with van der Waals surface area (Å²) in [5.41, 5.74) is 2.26. The predicted octanol–water partition coefficient (Wildman–Crippen LogP) is 10.2. The SMILES string of the molecule is C=C(C[SiH](C)C)C[SiH](C)C.C[SiH](C)CC(C[SiH](C)C)[Si](C)(O[Si](C)(C)C)O[Si](C)(C)C.C[SiH](O[Si](C)(C)C)O[Si](C)(C)C. The molecule has 0 aliphatic heterocycles. The zero-order chi connectivity index (χ0) is 35.2. The average Bonchev–Trinajstić information content (AvgIpc) is 2.59. The largest absolute Gasteiger partial charge is 0.439 e. The van der Waals surface area contributed by atoms with Crippen LogP contribution in [-0.4, -0.2) is 86.3 Å². The van der Waals surface area contributed by atoms with Gasteiger partial charge in [0, 0.05) is 35.2 Å². The van der Waals surface area contributed by atoms with E-state index in [9.17, 15) is 0 Å². The Morgan fingerprint density at radius 3 is 0.953 bits per heavy atom. The van der Waals surface area contributed by atoms with E-state index >= 15 is 0 Å². The van der Waals surface area contributed by atoms with E-state index in [0.717, 1.165) is 5.54 Å². The minimum Gasteiger partial charge on any atom is -0.439 e. The zero-order valence-corrected chi connectivity index (χ0v) is 44.4. The first kappa shape index (κ1) is 49.1. The van der Waals surface area contributed by atoms with Crippen molar-refractivity contribution >= 4 is 86.3 Å². The normalized spacial score (nSPS) is 13.6. The maximum absolute atomic E-state index is 6.80. The van der Waals surface area contributed by atoms with Crippen LogP contribution in [0.4, 0.5) is 0 Å². The minimum absolute atomic E-state index is 0.365. The molecule has 262 valence electrons. The fourth-order valence-electron chi connectivity index (χ4n) is 5.32. The molecular formula is C29H82O4Si10. The summed E-state index contributed by atoms with van der Waals surface area (Å²) in [5, 5.41) is 0. The second-order valence-corrected chi connectivity index (χ2v) is 55.7. The fourth-order valence-corrected chi connectivity index (χ4v) is 37.8. The summed E-state index contributed by atoms with van der Waals surface area (Å²) in [4.78, 5) is 0. The molecule has 0 radical (unpaired) electrons. The van der Waals surface area contributed by atoms with E-state index in [0.29, 0.717) is 0 Å². The van der Waals surface area contributed by atoms with Crippen LogP contribution in [0, 0.1) is 0 Å². The molecule has 0 aliphatic carbocycles. The first-order chi connectivity index (χ1) is 18.8. The van der Waals surface area contributed by atoms with Gasteiger partial charge in [-0.05, 0) is 109 Å². The molecule has 0 unspecified atom stereocenters. The van der Waals surface area contributed by atoms with Gasteiger partial charge in [0.2, 0.25) is 0 Å². The molecule has 0 aromatic carbocycles. The van der Waals surface area contributed by atoms with Gasteiger partial charge in [0.25, 0.3) is 9.28 Å². The molecule has 0 saturated carbocycles. The maximum atomic E-state index is 6.80. The number of hydrogen-bond acceptors (Lipinski definition) is 4. The zero-order valence-electron chi connectivity index (χ0n) is 33.6. The highest BCUT2D eigenvalue weighted by Crippen LogP contribution is 2.38. The molecule has 0 N–H and O–H groups in total. The van der Waals surface area contributed by atoms with Crippen molar-refractivity contribution in [3.05, 3.63) is 12.2 Å². The van der Waals surface area contributed by atoms with E-state index in [-0.39, 0.29) is 17.6 Å². The standard InChI is InChI=1S/C14H40O2Si5.C8H20Si2.C7H22O2Si3/c1-17(2)12-14(13-18(3)4)21(11,15-19(5,6)7)16-20(8,9)10;1-8(6-9(2)3)7-10(4)5;1-10(8-11(2,3)4)9-12(5,6)7/h14,17-18H,12-13H2,1-11H3;9-10H,1,6-7H2,2-5H3;10H,1-7H3. The van der Waals surface area contributed by atoms with Crippen molar-refractivity contribution < 1.29 is 16.5 Å². The monoisotopic (exact) mass is 774 g/mol. The van der Waals surface area contributed by atoms with Gasteiger partial charge < -0.3 is 16.5 Å². The number of hydrogen-bond donors (Lipinski definition) is 0. The van der Waals surface area contributed by atoms with E-state index < -0.39 is 68.7 Å². The van der Waals surface area contributed by atoms with Crippen LogP contribution in [0.3, 0.4) is 0 Å². The van der Waals surface area contributed by atoms with Gasteiger partial charge in [-0.1, -0.05) is 70.0 Å². The van der Waals surface area contributed by atoms with Gasteiger partial charge in [0.15, 0.2) is 33.3 Å². The molecule has 0 spiro atoms. The first-order valence-electron chi connectivity index (χ1n) is 17.2. The molecule has 0 bridgehead atoms. The van der Waals surface area contributed by atoms with Gasteiger partial charge in [-0.2, -0.15) is 0 Å². The van der Waals surface area contributed by atoms with E-state index in [1.807, 2.05) is 0 Å². The predicted molar refractivity (Wildman–Crippen MR) is 230 cm³/mol. The Kier molecular flexibility index (Phi) is 24.8. The van der Waals surface area contributed by atoms with E-state index in [2.05, 4.69) is 151 Å². The number of allylic oxidation sites excluding steroid dienone is 1. The molecule has 0 aromatic rings. The molecule has 0 amide bonds. The second-order valence-electron chi connectivity index (χ2n) is 18.4. The summed E-state index contributed by atoms with van der Waals surface area (Å²) >= 11 is 0. The summed E-state index contributed by atoms with van der Waals surface area (Å²) in [5.74, 6) is 0. The quantitative estimate of drug-likeness (QED) is 0.109. The van der Waals surface area contributed by atoms with Crippen molar-refractivity contribution in [1.29, 1.82) is 0 Å². The molecule has 0 atom stereocenters. The first-order valence-corrected chi connectivity index (χ1v) is 47.8. The molecule has 0 aliphatic rings. The van der Waals surface area contributed by atoms with Crippen LogP contribution in [0.5, 0.6) is 0 Å². The summed E-state index contributed by atoms with van der Waals surface area (Å²) < 4.78 is 25.4. The molecular weight excluding hydrogens is 693 g/mol. The van der Waals surface area contributed by atoms with E-state index in [1.165, 1.54) is 29.7 Å². The van der Waals surface area contributed by atoms with Crippen molar-refractivity contribution in [2.75, 3.05) is 0 Å². The van der Waals surface area contributed by atoms with Crippen LogP contribution in [-0.2, 0) is 16.5 Å². The molecule has 0 fully saturated rings. The van der Waals surface area contributed by atoms with Crippen LogP contribution in [0.25, 0.3) is 0 Å². The summed E-state index contributed by atoms with van der Waals surface area (Å²) in [6.07, 6.45) is 0. The van der Waals surface area contributed by atoms with Crippen molar-refractivity contribution in [2.45, 2.75) is 174 Å². The Bertz CT molecular complexity index is 684. The van der Waals surface area contributed by atoms with E-state index in [4.69, 9.17) is 16.5 Å². The molecule has 0 aromatic heterocycles. The summed E-state index contributed by atoms with van der Waals surface area (Å²) in [6, 6.07) is 5.54. The van der Waals surface area contributed by atoms with Crippen LogP contribution in [0.15, 0.2) is 12.2 Å². The lowest BCUT2D eigenvalue weighted by Gasteiger charge is -2.44. The second kappa shape index (κ2) is 21.7. The minimum atomic E-state index is -2.08. The molecule has 0 rings (SSSR count). The fraction of sp³-hybridized carbons (Fsp3) is 0.931. The molecule has 43 heavy (non-hydrogen) atoms. The van der Waals surface area contributed by atoms with Gasteiger partial charge in [-0.25, -0.2) is 0 Å².